The van der Waals surface area contributed by atoms with Gasteiger partial charge in [0.05, 0.1) is 28.2 Å². The van der Waals surface area contributed by atoms with Gasteiger partial charge >= 0.3 is 0 Å². The molecule has 3 heterocycles. The van der Waals surface area contributed by atoms with Crippen molar-refractivity contribution in [1.29, 1.82) is 0 Å². The summed E-state index contributed by atoms with van der Waals surface area (Å²) < 4.78 is 29.4. The van der Waals surface area contributed by atoms with Crippen molar-refractivity contribution in [2.24, 2.45) is 0 Å². The average molecular weight is 478 g/mol. The Morgan fingerprint density at radius 2 is 1.67 bits per heavy atom. The molecular weight excluding hydrogens is 458 g/mol. The second-order valence-corrected chi connectivity index (χ2v) is 10.1. The first-order chi connectivity index (χ1) is 15.8. The minimum atomic E-state index is -3.72. The smallest absolute Gasteiger partial charge is 0.264 e. The lowest BCUT2D eigenvalue weighted by atomic mass is 10.1. The van der Waals surface area contributed by atoms with Gasteiger partial charge < -0.3 is 0 Å². The number of hydrogen-bond donors (Lipinski definition) is 1. The molecule has 0 aliphatic carbocycles. The minimum absolute atomic E-state index is 0.201. The summed E-state index contributed by atoms with van der Waals surface area (Å²) >= 11 is 5.92. The summed E-state index contributed by atoms with van der Waals surface area (Å²) in [6, 6.07) is 17.4. The molecule has 0 atom stereocenters. The molecule has 3 aromatic heterocycles. The minimum Gasteiger partial charge on any atom is -0.299 e. The Bertz CT molecular complexity index is 1560. The third-order valence-electron chi connectivity index (χ3n) is 5.65. The van der Waals surface area contributed by atoms with Crippen LogP contribution in [0.4, 0.5) is 5.69 Å². The highest BCUT2D eigenvalue weighted by atomic mass is 35.5. The van der Waals surface area contributed by atoms with Crippen LogP contribution in [-0.4, -0.2) is 35.0 Å². The van der Waals surface area contributed by atoms with Crippen LogP contribution in [0.2, 0.25) is 5.02 Å². The fraction of sp³-hybridized carbons (Fsp3) is 0.0833. The topological polar surface area (TPSA) is 83.4 Å². The number of pyridine rings is 1. The first kappa shape index (κ1) is 21.2. The van der Waals surface area contributed by atoms with Crippen molar-refractivity contribution in [2.75, 3.05) is 11.4 Å². The third-order valence-corrected chi connectivity index (χ3v) is 7.70. The van der Waals surface area contributed by atoms with Crippen molar-refractivity contribution in [3.05, 3.63) is 90.0 Å². The lowest BCUT2D eigenvalue weighted by Gasteiger charge is -2.19. The number of imidazole rings is 1. The molecule has 0 aliphatic heterocycles. The summed E-state index contributed by atoms with van der Waals surface area (Å²) in [7, 11) is -2.19. The number of nitrogens with one attached hydrogen (secondary N) is 1. The quantitative estimate of drug-likeness (QED) is 0.378. The molecule has 7 nitrogen and oxygen atoms in total. The van der Waals surface area contributed by atoms with Crippen LogP contribution in [0.15, 0.2) is 84.1 Å². The fourth-order valence-corrected chi connectivity index (χ4v) is 5.07. The second-order valence-electron chi connectivity index (χ2n) is 7.65. The molecule has 5 aromatic rings. The molecule has 2 aromatic carbocycles. The highest BCUT2D eigenvalue weighted by Gasteiger charge is 2.21. The lowest BCUT2D eigenvalue weighted by Crippen LogP contribution is -2.26. The number of nitrogens with zero attached hydrogens (tertiary/aromatic N) is 4. The molecule has 5 rings (SSSR count). The molecule has 0 aliphatic rings. The van der Waals surface area contributed by atoms with E-state index in [1.807, 2.05) is 35.9 Å². The molecule has 0 amide bonds. The average Bonchev–Trinajstić information content (AvgIpc) is 3.44. The number of sulfonamides is 1. The molecule has 0 spiro atoms. The second kappa shape index (κ2) is 8.06. The maximum Gasteiger partial charge on any atom is 0.264 e. The van der Waals surface area contributed by atoms with E-state index in [1.54, 1.807) is 54.7 Å². The van der Waals surface area contributed by atoms with E-state index in [0.29, 0.717) is 10.7 Å². The summed E-state index contributed by atoms with van der Waals surface area (Å²) in [5, 5.41) is 7.63. The zero-order chi connectivity index (χ0) is 23.2. The van der Waals surface area contributed by atoms with Crippen LogP contribution in [0.5, 0.6) is 0 Å². The Balaban J connectivity index is 1.49. The van der Waals surface area contributed by atoms with E-state index in [0.717, 1.165) is 33.7 Å². The van der Waals surface area contributed by atoms with Crippen molar-refractivity contribution >= 4 is 33.0 Å². The van der Waals surface area contributed by atoms with E-state index >= 15 is 0 Å². The highest BCUT2D eigenvalue weighted by molar-refractivity contribution is 7.92. The molecular formula is C24H20ClN5O2S. The van der Waals surface area contributed by atoms with Crippen molar-refractivity contribution < 1.29 is 8.42 Å². The summed E-state index contributed by atoms with van der Waals surface area (Å²) in [4.78, 5) is 4.69. The van der Waals surface area contributed by atoms with Gasteiger partial charge in [0.2, 0.25) is 0 Å². The van der Waals surface area contributed by atoms with Gasteiger partial charge in [0, 0.05) is 41.2 Å². The van der Waals surface area contributed by atoms with E-state index in [1.165, 1.54) is 11.4 Å². The van der Waals surface area contributed by atoms with E-state index in [2.05, 4.69) is 15.2 Å². The molecule has 9 heteroatoms. The first-order valence-electron chi connectivity index (χ1n) is 10.2. The molecule has 0 saturated heterocycles. The fourth-order valence-electron chi connectivity index (χ4n) is 3.75. The predicted molar refractivity (Wildman–Crippen MR) is 130 cm³/mol. The Morgan fingerprint density at radius 3 is 2.33 bits per heavy atom. The van der Waals surface area contributed by atoms with Gasteiger partial charge in [0.1, 0.15) is 5.65 Å². The lowest BCUT2D eigenvalue weighted by molar-refractivity contribution is 0.594. The summed E-state index contributed by atoms with van der Waals surface area (Å²) in [6.45, 7) is 1.95. The third kappa shape index (κ3) is 3.77. The molecule has 0 fully saturated rings. The number of aryl methyl sites for hydroxylation is 1. The van der Waals surface area contributed by atoms with Crippen molar-refractivity contribution in [3.63, 3.8) is 0 Å². The molecule has 0 bridgehead atoms. The van der Waals surface area contributed by atoms with E-state index in [4.69, 9.17) is 11.6 Å². The molecule has 0 radical (unpaired) electrons. The standard InChI is InChI=1S/C24H20ClN5O2S/c1-16-22(13-27-28-16)18-5-12-24-26-14-23(30(24)15-18)17-3-10-21(11-4-17)33(31,32)29(2)20-8-6-19(25)7-9-20/h3-15H,1-2H3,(H,27,28). The van der Waals surface area contributed by atoms with E-state index < -0.39 is 10.0 Å². The zero-order valence-electron chi connectivity index (χ0n) is 17.9. The molecule has 0 unspecified atom stereocenters. The van der Waals surface area contributed by atoms with Crippen molar-refractivity contribution in [3.8, 4) is 22.4 Å². The highest BCUT2D eigenvalue weighted by Crippen LogP contribution is 2.28. The summed E-state index contributed by atoms with van der Waals surface area (Å²) in [5.74, 6) is 0. The van der Waals surface area contributed by atoms with Crippen LogP contribution in [0, 0.1) is 6.92 Å². The van der Waals surface area contributed by atoms with E-state index in [-0.39, 0.29) is 4.90 Å². The number of halogens is 1. The molecule has 33 heavy (non-hydrogen) atoms. The van der Waals surface area contributed by atoms with Gasteiger partial charge in [-0.15, -0.1) is 0 Å². The Kier molecular flexibility index (Phi) is 5.19. The van der Waals surface area contributed by atoms with Gasteiger partial charge in [-0.05, 0) is 55.5 Å². The maximum atomic E-state index is 13.1. The monoisotopic (exact) mass is 477 g/mol. The maximum absolute atomic E-state index is 13.1. The van der Waals surface area contributed by atoms with Crippen LogP contribution in [0.1, 0.15) is 5.69 Å². The van der Waals surface area contributed by atoms with Gasteiger partial charge in [-0.3, -0.25) is 13.8 Å². The number of aromatic amines is 1. The Morgan fingerprint density at radius 1 is 0.970 bits per heavy atom. The molecule has 0 saturated carbocycles. The largest absolute Gasteiger partial charge is 0.299 e. The van der Waals surface area contributed by atoms with Gasteiger partial charge in [-0.1, -0.05) is 23.7 Å². The SMILES string of the molecule is Cc1n[nH]cc1-c1ccc2ncc(-c3ccc(S(=O)(=O)N(C)c4ccc(Cl)cc4)cc3)n2c1. The normalized spacial score (nSPS) is 11.7. The van der Waals surface area contributed by atoms with Gasteiger partial charge in [0.25, 0.3) is 10.0 Å². The van der Waals surface area contributed by atoms with Crippen LogP contribution in [-0.2, 0) is 10.0 Å². The zero-order valence-corrected chi connectivity index (χ0v) is 19.5. The first-order valence-corrected chi connectivity index (χ1v) is 12.0. The van der Waals surface area contributed by atoms with Crippen LogP contribution >= 0.6 is 11.6 Å². The van der Waals surface area contributed by atoms with E-state index in [9.17, 15) is 8.42 Å². The predicted octanol–water partition coefficient (Wildman–Crippen LogP) is 5.18. The van der Waals surface area contributed by atoms with Crippen molar-refractivity contribution in [1.82, 2.24) is 19.6 Å². The number of aromatic nitrogens is 4. The van der Waals surface area contributed by atoms with Gasteiger partial charge in [-0.25, -0.2) is 13.4 Å². The van der Waals surface area contributed by atoms with Crippen LogP contribution in [0.25, 0.3) is 28.0 Å². The van der Waals surface area contributed by atoms with Crippen molar-refractivity contribution in [2.45, 2.75) is 11.8 Å². The van der Waals surface area contributed by atoms with Gasteiger partial charge in [0.15, 0.2) is 0 Å². The van der Waals surface area contributed by atoms with Gasteiger partial charge in [-0.2, -0.15) is 5.10 Å². The Labute approximate surface area is 196 Å². The molecule has 1 N–H and O–H groups in total. The number of hydrogen-bond acceptors (Lipinski definition) is 4. The summed E-state index contributed by atoms with van der Waals surface area (Å²) in [6.07, 6.45) is 5.66. The summed E-state index contributed by atoms with van der Waals surface area (Å²) in [5.41, 5.74) is 6.00. The Hall–Kier alpha value is -3.62. The van der Waals surface area contributed by atoms with Crippen LogP contribution < -0.4 is 4.31 Å². The molecule has 166 valence electrons. The number of anilines is 1. The number of H-pyrrole nitrogens is 1. The number of fused-ring (bicyclic) bond motifs is 1. The number of benzene rings is 2. The number of rotatable bonds is 5. The van der Waals surface area contributed by atoms with Crippen LogP contribution in [0.3, 0.4) is 0 Å².